The predicted octanol–water partition coefficient (Wildman–Crippen LogP) is 5.16. The monoisotopic (exact) mass is 334 g/mol. The Morgan fingerprint density at radius 2 is 1.33 bits per heavy atom. The normalized spacial score (nSPS) is 10.7. The van der Waals surface area contributed by atoms with Gasteiger partial charge in [0, 0.05) is 0 Å². The molecule has 0 aromatic heterocycles. The average Bonchev–Trinajstić information content (AvgIpc) is 2.56. The summed E-state index contributed by atoms with van der Waals surface area (Å²) in [6.07, 6.45) is 8.14. The second-order valence-electron chi connectivity index (χ2n) is 6.29. The van der Waals surface area contributed by atoms with Crippen LogP contribution in [0.4, 0.5) is 0 Å². The molecule has 0 bridgehead atoms. The smallest absolute Gasteiger partial charge is 0.338 e. The van der Waals surface area contributed by atoms with E-state index in [4.69, 9.17) is 9.47 Å². The topological polar surface area (TPSA) is 52.6 Å². The molecule has 0 N–H and O–H groups in total. The summed E-state index contributed by atoms with van der Waals surface area (Å²) in [5, 5.41) is 0. The van der Waals surface area contributed by atoms with Crippen molar-refractivity contribution in [2.45, 2.75) is 71.8 Å². The highest BCUT2D eigenvalue weighted by molar-refractivity contribution is 5.93. The second kappa shape index (κ2) is 11.7. The highest BCUT2D eigenvalue weighted by atomic mass is 16.5. The zero-order chi connectivity index (χ0) is 17.8. The van der Waals surface area contributed by atoms with Crippen molar-refractivity contribution in [3.05, 3.63) is 35.4 Å². The molecule has 0 aliphatic heterocycles. The molecular weight excluding hydrogens is 304 g/mol. The van der Waals surface area contributed by atoms with Gasteiger partial charge in [-0.05, 0) is 44.5 Å². The van der Waals surface area contributed by atoms with E-state index < -0.39 is 0 Å². The molecule has 0 unspecified atom stereocenters. The van der Waals surface area contributed by atoms with Crippen molar-refractivity contribution >= 4 is 11.9 Å². The molecule has 0 aliphatic rings. The molecule has 0 atom stereocenters. The zero-order valence-corrected chi connectivity index (χ0v) is 15.2. The van der Waals surface area contributed by atoms with Crippen LogP contribution in [0.1, 0.15) is 86.4 Å². The summed E-state index contributed by atoms with van der Waals surface area (Å²) < 4.78 is 10.4. The highest BCUT2D eigenvalue weighted by Crippen LogP contribution is 2.10. The molecule has 0 saturated heterocycles. The van der Waals surface area contributed by atoms with Gasteiger partial charge in [-0.3, -0.25) is 0 Å². The minimum atomic E-state index is -0.381. The minimum absolute atomic E-state index is 0.163. The van der Waals surface area contributed by atoms with Crippen LogP contribution in [-0.4, -0.2) is 24.6 Å². The largest absolute Gasteiger partial charge is 0.462 e. The average molecular weight is 334 g/mol. The lowest BCUT2D eigenvalue weighted by molar-refractivity contribution is 0.0376. The summed E-state index contributed by atoms with van der Waals surface area (Å²) in [7, 11) is 0. The lowest BCUT2D eigenvalue weighted by Crippen LogP contribution is -2.12. The van der Waals surface area contributed by atoms with Crippen molar-refractivity contribution in [3.8, 4) is 0 Å². The Hall–Kier alpha value is -1.84. The number of esters is 2. The van der Waals surface area contributed by atoms with Crippen molar-refractivity contribution in [1.82, 2.24) is 0 Å². The summed E-state index contributed by atoms with van der Waals surface area (Å²) in [6, 6.07) is 6.39. The maximum absolute atomic E-state index is 11.9. The van der Waals surface area contributed by atoms with Gasteiger partial charge in [-0.2, -0.15) is 0 Å². The molecule has 0 amide bonds. The predicted molar refractivity (Wildman–Crippen MR) is 95.3 cm³/mol. The molecule has 1 aromatic carbocycles. The van der Waals surface area contributed by atoms with Crippen molar-refractivity contribution in [2.75, 3.05) is 6.61 Å². The minimum Gasteiger partial charge on any atom is -0.462 e. The van der Waals surface area contributed by atoms with E-state index in [9.17, 15) is 9.59 Å². The summed E-state index contributed by atoms with van der Waals surface area (Å²) in [5.41, 5.74) is 0.895. The molecule has 0 spiro atoms. The van der Waals surface area contributed by atoms with Crippen LogP contribution < -0.4 is 0 Å². The van der Waals surface area contributed by atoms with E-state index in [-0.39, 0.29) is 18.0 Å². The van der Waals surface area contributed by atoms with Crippen molar-refractivity contribution in [3.63, 3.8) is 0 Å². The SMILES string of the molecule is CCCCCCCCCOC(=O)c1ccc(C(=O)OC(C)C)cc1. The van der Waals surface area contributed by atoms with Gasteiger partial charge < -0.3 is 9.47 Å². The summed E-state index contributed by atoms with van der Waals surface area (Å²) in [4.78, 5) is 23.7. The molecule has 1 rings (SSSR count). The summed E-state index contributed by atoms with van der Waals surface area (Å²) in [6.45, 7) is 6.25. The van der Waals surface area contributed by atoms with Crippen molar-refractivity contribution < 1.29 is 19.1 Å². The van der Waals surface area contributed by atoms with E-state index in [0.717, 1.165) is 12.8 Å². The van der Waals surface area contributed by atoms with Gasteiger partial charge in [0.05, 0.1) is 23.8 Å². The van der Waals surface area contributed by atoms with E-state index in [2.05, 4.69) is 6.92 Å². The molecule has 4 heteroatoms. The Balaban J connectivity index is 2.26. The third-order valence-corrected chi connectivity index (χ3v) is 3.68. The third kappa shape index (κ3) is 8.14. The number of rotatable bonds is 11. The van der Waals surface area contributed by atoms with Crippen LogP contribution in [0.15, 0.2) is 24.3 Å². The van der Waals surface area contributed by atoms with Gasteiger partial charge in [-0.1, -0.05) is 45.4 Å². The van der Waals surface area contributed by atoms with Crippen LogP contribution in [0, 0.1) is 0 Å². The number of benzene rings is 1. The number of hydrogen-bond donors (Lipinski definition) is 0. The number of carbonyl (C=O) groups is 2. The van der Waals surface area contributed by atoms with Crippen LogP contribution in [0.2, 0.25) is 0 Å². The first-order chi connectivity index (χ1) is 11.5. The van der Waals surface area contributed by atoms with Gasteiger partial charge in [-0.25, -0.2) is 9.59 Å². The van der Waals surface area contributed by atoms with Crippen LogP contribution in [0.5, 0.6) is 0 Å². The fourth-order valence-electron chi connectivity index (χ4n) is 2.33. The maximum Gasteiger partial charge on any atom is 0.338 e. The van der Waals surface area contributed by atoms with Gasteiger partial charge in [0.2, 0.25) is 0 Å². The van der Waals surface area contributed by atoms with Crippen molar-refractivity contribution in [2.24, 2.45) is 0 Å². The highest BCUT2D eigenvalue weighted by Gasteiger charge is 2.11. The van der Waals surface area contributed by atoms with E-state index in [1.54, 1.807) is 38.1 Å². The van der Waals surface area contributed by atoms with Crippen molar-refractivity contribution in [1.29, 1.82) is 0 Å². The Kier molecular flexibility index (Phi) is 9.81. The Bertz CT molecular complexity index is 491. The molecule has 134 valence electrons. The fourth-order valence-corrected chi connectivity index (χ4v) is 2.33. The van der Waals surface area contributed by atoms with E-state index in [1.165, 1.54) is 32.1 Å². The number of carbonyl (C=O) groups excluding carboxylic acids is 2. The van der Waals surface area contributed by atoms with Crippen LogP contribution in [0.25, 0.3) is 0 Å². The fraction of sp³-hybridized carbons (Fsp3) is 0.600. The van der Waals surface area contributed by atoms with Gasteiger partial charge >= 0.3 is 11.9 Å². The first-order valence-electron chi connectivity index (χ1n) is 9.02. The van der Waals surface area contributed by atoms with Gasteiger partial charge in [0.15, 0.2) is 0 Å². The molecular formula is C20H30O4. The zero-order valence-electron chi connectivity index (χ0n) is 15.2. The molecule has 0 saturated carbocycles. The molecule has 24 heavy (non-hydrogen) atoms. The summed E-state index contributed by atoms with van der Waals surface area (Å²) in [5.74, 6) is -0.724. The molecule has 4 nitrogen and oxygen atoms in total. The second-order valence-corrected chi connectivity index (χ2v) is 6.29. The standard InChI is InChI=1S/C20H30O4/c1-4-5-6-7-8-9-10-15-23-19(21)17-11-13-18(14-12-17)20(22)24-16(2)3/h11-14,16H,4-10,15H2,1-3H3. The maximum atomic E-state index is 11.9. The third-order valence-electron chi connectivity index (χ3n) is 3.68. The molecule has 1 aromatic rings. The van der Waals surface area contributed by atoms with Crippen LogP contribution in [-0.2, 0) is 9.47 Å². The molecule has 0 aliphatic carbocycles. The van der Waals surface area contributed by atoms with Crippen LogP contribution in [0.3, 0.4) is 0 Å². The lowest BCUT2D eigenvalue weighted by Gasteiger charge is -2.08. The Morgan fingerprint density at radius 1 is 0.833 bits per heavy atom. The molecule has 0 heterocycles. The number of hydrogen-bond acceptors (Lipinski definition) is 4. The number of unbranched alkanes of at least 4 members (excludes halogenated alkanes) is 6. The summed E-state index contributed by atoms with van der Waals surface area (Å²) >= 11 is 0. The first kappa shape index (κ1) is 20.2. The van der Waals surface area contributed by atoms with Gasteiger partial charge in [0.25, 0.3) is 0 Å². The van der Waals surface area contributed by atoms with E-state index in [1.807, 2.05) is 0 Å². The quantitative estimate of drug-likeness (QED) is 0.414. The number of ether oxygens (including phenoxy) is 2. The molecule has 0 fully saturated rings. The van der Waals surface area contributed by atoms with Gasteiger partial charge in [-0.15, -0.1) is 0 Å². The lowest BCUT2D eigenvalue weighted by atomic mass is 10.1. The first-order valence-corrected chi connectivity index (χ1v) is 9.02. The van der Waals surface area contributed by atoms with E-state index in [0.29, 0.717) is 17.7 Å². The molecule has 0 radical (unpaired) electrons. The Labute approximate surface area is 145 Å². The van der Waals surface area contributed by atoms with Gasteiger partial charge in [0.1, 0.15) is 0 Å². The van der Waals surface area contributed by atoms with E-state index >= 15 is 0 Å². The Morgan fingerprint density at radius 3 is 1.88 bits per heavy atom. The van der Waals surface area contributed by atoms with Crippen LogP contribution >= 0.6 is 0 Å².